The summed E-state index contributed by atoms with van der Waals surface area (Å²) < 4.78 is 1.75. The molecule has 1 aliphatic carbocycles. The van der Waals surface area contributed by atoms with Gasteiger partial charge in [0.25, 0.3) is 5.91 Å². The molecule has 0 aromatic carbocycles. The predicted molar refractivity (Wildman–Crippen MR) is 71.5 cm³/mol. The Kier molecular flexibility index (Phi) is 4.04. The molecule has 1 amide bonds. The first-order chi connectivity index (χ1) is 8.59. The molecule has 1 aromatic heterocycles. The van der Waals surface area contributed by atoms with E-state index in [-0.39, 0.29) is 5.91 Å². The van der Waals surface area contributed by atoms with Gasteiger partial charge in [0.2, 0.25) is 0 Å². The number of aryl methyl sites for hydroxylation is 1. The van der Waals surface area contributed by atoms with Crippen LogP contribution in [0.3, 0.4) is 0 Å². The normalized spacial score (nSPS) is 16.8. The molecule has 0 N–H and O–H groups in total. The molecule has 18 heavy (non-hydrogen) atoms. The maximum Gasteiger partial charge on any atom is 0.257 e. The number of hydrogen-bond acceptors (Lipinski definition) is 2. The number of rotatable bonds is 3. The maximum atomic E-state index is 12.3. The fourth-order valence-corrected chi connectivity index (χ4v) is 2.75. The summed E-state index contributed by atoms with van der Waals surface area (Å²) in [6.45, 7) is 2.82. The molecule has 100 valence electrons. The molecular formula is C14H23N3O. The minimum Gasteiger partial charge on any atom is -0.341 e. The lowest BCUT2D eigenvalue weighted by molar-refractivity contribution is 0.0759. The largest absolute Gasteiger partial charge is 0.341 e. The van der Waals surface area contributed by atoms with Gasteiger partial charge in [0.05, 0.1) is 11.8 Å². The summed E-state index contributed by atoms with van der Waals surface area (Å²) in [7, 11) is 3.77. The summed E-state index contributed by atoms with van der Waals surface area (Å²) in [6, 6.07) is 0. The Bertz CT molecular complexity index is 419. The van der Waals surface area contributed by atoms with Crippen molar-refractivity contribution in [2.75, 3.05) is 13.6 Å². The van der Waals surface area contributed by atoms with Crippen LogP contribution in [0.25, 0.3) is 0 Å². The molecule has 0 bridgehead atoms. The number of aromatic nitrogens is 2. The molecule has 0 aliphatic heterocycles. The van der Waals surface area contributed by atoms with Crippen LogP contribution in [0, 0.1) is 12.8 Å². The molecule has 1 heterocycles. The van der Waals surface area contributed by atoms with Gasteiger partial charge >= 0.3 is 0 Å². The van der Waals surface area contributed by atoms with Crippen LogP contribution >= 0.6 is 0 Å². The van der Waals surface area contributed by atoms with Gasteiger partial charge < -0.3 is 4.90 Å². The third-order valence-corrected chi connectivity index (χ3v) is 4.07. The van der Waals surface area contributed by atoms with Gasteiger partial charge in [-0.15, -0.1) is 0 Å². The lowest BCUT2D eigenvalue weighted by Crippen LogP contribution is -2.32. The first-order valence-corrected chi connectivity index (χ1v) is 6.83. The van der Waals surface area contributed by atoms with Gasteiger partial charge in [-0.1, -0.05) is 19.3 Å². The first-order valence-electron chi connectivity index (χ1n) is 6.83. The van der Waals surface area contributed by atoms with Crippen molar-refractivity contribution in [3.63, 3.8) is 0 Å². The second-order valence-electron chi connectivity index (χ2n) is 5.46. The number of nitrogens with zero attached hydrogens (tertiary/aromatic N) is 3. The van der Waals surface area contributed by atoms with Crippen molar-refractivity contribution in [2.45, 2.75) is 39.0 Å². The van der Waals surface area contributed by atoms with E-state index in [0.717, 1.165) is 17.8 Å². The van der Waals surface area contributed by atoms with E-state index in [4.69, 9.17) is 0 Å². The fourth-order valence-electron chi connectivity index (χ4n) is 2.75. The van der Waals surface area contributed by atoms with E-state index in [0.29, 0.717) is 5.92 Å². The average molecular weight is 249 g/mol. The summed E-state index contributed by atoms with van der Waals surface area (Å²) in [5, 5.41) is 4.14. The molecule has 0 spiro atoms. The Morgan fingerprint density at radius 1 is 1.44 bits per heavy atom. The lowest BCUT2D eigenvalue weighted by atomic mass is 9.89. The van der Waals surface area contributed by atoms with Gasteiger partial charge in [0.1, 0.15) is 0 Å². The molecule has 1 aliphatic rings. The predicted octanol–water partition coefficient (Wildman–Crippen LogP) is 2.38. The zero-order valence-electron chi connectivity index (χ0n) is 11.6. The highest BCUT2D eigenvalue weighted by Gasteiger charge is 2.21. The topological polar surface area (TPSA) is 38.1 Å². The van der Waals surface area contributed by atoms with Crippen molar-refractivity contribution < 1.29 is 4.79 Å². The van der Waals surface area contributed by atoms with Crippen LogP contribution in [-0.2, 0) is 7.05 Å². The van der Waals surface area contributed by atoms with Crippen LogP contribution in [0.1, 0.15) is 48.2 Å². The van der Waals surface area contributed by atoms with Crippen LogP contribution in [0.4, 0.5) is 0 Å². The molecule has 4 heteroatoms. The molecule has 1 saturated carbocycles. The fraction of sp³-hybridized carbons (Fsp3) is 0.714. The van der Waals surface area contributed by atoms with Crippen molar-refractivity contribution in [3.8, 4) is 0 Å². The molecule has 1 aromatic rings. The minimum atomic E-state index is 0.103. The minimum absolute atomic E-state index is 0.103. The third kappa shape index (κ3) is 2.74. The Labute approximate surface area is 109 Å². The van der Waals surface area contributed by atoms with Gasteiger partial charge in [-0.25, -0.2) is 0 Å². The number of carbonyl (C=O) groups is 1. The lowest BCUT2D eigenvalue weighted by Gasteiger charge is -2.27. The highest BCUT2D eigenvalue weighted by Crippen LogP contribution is 2.24. The van der Waals surface area contributed by atoms with E-state index < -0.39 is 0 Å². The second-order valence-corrected chi connectivity index (χ2v) is 5.46. The van der Waals surface area contributed by atoms with Crippen molar-refractivity contribution in [3.05, 3.63) is 17.5 Å². The summed E-state index contributed by atoms with van der Waals surface area (Å²) in [5.41, 5.74) is 1.67. The first kappa shape index (κ1) is 13.1. The zero-order valence-corrected chi connectivity index (χ0v) is 11.6. The van der Waals surface area contributed by atoms with Crippen LogP contribution < -0.4 is 0 Å². The van der Waals surface area contributed by atoms with Crippen molar-refractivity contribution in [1.82, 2.24) is 14.7 Å². The third-order valence-electron chi connectivity index (χ3n) is 4.07. The quantitative estimate of drug-likeness (QED) is 0.825. The molecule has 2 rings (SSSR count). The van der Waals surface area contributed by atoms with Gasteiger partial charge in [-0.2, -0.15) is 5.10 Å². The Balaban J connectivity index is 1.98. The van der Waals surface area contributed by atoms with Crippen LogP contribution in [0.15, 0.2) is 6.20 Å². The van der Waals surface area contributed by atoms with E-state index in [1.54, 1.807) is 10.9 Å². The Hall–Kier alpha value is -1.32. The highest BCUT2D eigenvalue weighted by molar-refractivity contribution is 5.94. The number of amides is 1. The molecule has 0 atom stereocenters. The molecule has 0 radical (unpaired) electrons. The zero-order chi connectivity index (χ0) is 13.1. The van der Waals surface area contributed by atoms with E-state index in [2.05, 4.69) is 5.10 Å². The second kappa shape index (κ2) is 5.55. The Morgan fingerprint density at radius 2 is 2.11 bits per heavy atom. The summed E-state index contributed by atoms with van der Waals surface area (Å²) in [4.78, 5) is 14.2. The van der Waals surface area contributed by atoms with Gasteiger partial charge in [0.15, 0.2) is 0 Å². The van der Waals surface area contributed by atoms with Crippen molar-refractivity contribution in [1.29, 1.82) is 0 Å². The summed E-state index contributed by atoms with van der Waals surface area (Å²) >= 11 is 0. The van der Waals surface area contributed by atoms with Gasteiger partial charge in [-0.05, 0) is 25.7 Å². The summed E-state index contributed by atoms with van der Waals surface area (Å²) in [6.07, 6.45) is 8.20. The maximum absolute atomic E-state index is 12.3. The number of hydrogen-bond donors (Lipinski definition) is 0. The summed E-state index contributed by atoms with van der Waals surface area (Å²) in [5.74, 6) is 0.788. The SMILES string of the molecule is Cc1c(C(=O)N(C)CC2CCCCC2)cnn1C. The van der Waals surface area contributed by atoms with Crippen LogP contribution in [0.2, 0.25) is 0 Å². The van der Waals surface area contributed by atoms with Crippen molar-refractivity contribution in [2.24, 2.45) is 13.0 Å². The van der Waals surface area contributed by atoms with E-state index in [1.165, 1.54) is 32.1 Å². The van der Waals surface area contributed by atoms with Gasteiger partial charge in [0, 0.05) is 26.3 Å². The smallest absolute Gasteiger partial charge is 0.257 e. The van der Waals surface area contributed by atoms with E-state index in [1.807, 2.05) is 25.9 Å². The molecule has 0 unspecified atom stereocenters. The molecule has 1 fully saturated rings. The highest BCUT2D eigenvalue weighted by atomic mass is 16.2. The monoisotopic (exact) mass is 249 g/mol. The molecule has 0 saturated heterocycles. The van der Waals surface area contributed by atoms with Crippen LogP contribution in [0.5, 0.6) is 0 Å². The van der Waals surface area contributed by atoms with Gasteiger partial charge in [-0.3, -0.25) is 9.48 Å². The standard InChI is InChI=1S/C14H23N3O/c1-11-13(9-15-17(11)3)14(18)16(2)10-12-7-5-4-6-8-12/h9,12H,4-8,10H2,1-3H3. The molecule has 4 nitrogen and oxygen atoms in total. The average Bonchev–Trinajstić information content (AvgIpc) is 2.70. The molecular weight excluding hydrogens is 226 g/mol. The van der Waals surface area contributed by atoms with Crippen molar-refractivity contribution >= 4 is 5.91 Å². The van der Waals surface area contributed by atoms with E-state index in [9.17, 15) is 4.79 Å². The van der Waals surface area contributed by atoms with Crippen LogP contribution in [-0.4, -0.2) is 34.2 Å². The Morgan fingerprint density at radius 3 is 2.67 bits per heavy atom. The number of carbonyl (C=O) groups excluding carboxylic acids is 1. The van der Waals surface area contributed by atoms with E-state index >= 15 is 0 Å².